The Bertz CT molecular complexity index is 775. The average Bonchev–Trinajstić information content (AvgIpc) is 3.51. The Labute approximate surface area is 140 Å². The first kappa shape index (κ1) is 15.2. The van der Waals surface area contributed by atoms with E-state index in [1.165, 1.54) is 26.0 Å². The molecule has 0 saturated heterocycles. The SMILES string of the molecule is COC(=O)c1c[nH]c(-c2ccc(OCC3CC3)cc2F)c1C1CC1. The fraction of sp³-hybridized carbons (Fsp3) is 0.421. The van der Waals surface area contributed by atoms with Crippen LogP contribution in [0.5, 0.6) is 5.75 Å². The molecule has 2 fully saturated rings. The molecule has 1 aromatic carbocycles. The average molecular weight is 329 g/mol. The number of ether oxygens (including phenoxy) is 2. The van der Waals surface area contributed by atoms with Crippen LogP contribution in [0.15, 0.2) is 24.4 Å². The second-order valence-corrected chi connectivity index (χ2v) is 6.65. The number of H-pyrrole nitrogens is 1. The van der Waals surface area contributed by atoms with E-state index in [2.05, 4.69) is 4.98 Å². The van der Waals surface area contributed by atoms with E-state index in [4.69, 9.17) is 9.47 Å². The number of hydrogen-bond acceptors (Lipinski definition) is 3. The van der Waals surface area contributed by atoms with Gasteiger partial charge in [-0.3, -0.25) is 0 Å². The molecule has 0 bridgehead atoms. The van der Waals surface area contributed by atoms with Crippen LogP contribution in [0.3, 0.4) is 0 Å². The van der Waals surface area contributed by atoms with Crippen molar-refractivity contribution in [2.24, 2.45) is 5.92 Å². The van der Waals surface area contributed by atoms with Crippen LogP contribution in [0.25, 0.3) is 11.3 Å². The molecule has 2 aromatic rings. The van der Waals surface area contributed by atoms with E-state index >= 15 is 0 Å². The Balaban J connectivity index is 1.65. The van der Waals surface area contributed by atoms with Crippen molar-refractivity contribution in [1.82, 2.24) is 4.98 Å². The molecule has 2 saturated carbocycles. The summed E-state index contributed by atoms with van der Waals surface area (Å²) in [6.07, 6.45) is 6.04. The smallest absolute Gasteiger partial charge is 0.339 e. The van der Waals surface area contributed by atoms with E-state index in [-0.39, 0.29) is 11.8 Å². The number of aromatic amines is 1. The number of methoxy groups -OCH3 is 1. The van der Waals surface area contributed by atoms with Crippen LogP contribution >= 0.6 is 0 Å². The standard InChI is InChI=1S/C19H20FNO3/c1-23-19(22)15-9-21-18(17(15)12-4-5-12)14-7-6-13(8-16(14)20)24-10-11-2-3-11/h6-9,11-12,21H,2-5,10H2,1H3. The molecule has 0 spiro atoms. The highest BCUT2D eigenvalue weighted by Crippen LogP contribution is 2.46. The van der Waals surface area contributed by atoms with Crippen LogP contribution < -0.4 is 4.74 Å². The lowest BCUT2D eigenvalue weighted by Gasteiger charge is -2.09. The van der Waals surface area contributed by atoms with Crippen molar-refractivity contribution in [3.63, 3.8) is 0 Å². The molecule has 2 aliphatic carbocycles. The summed E-state index contributed by atoms with van der Waals surface area (Å²) in [4.78, 5) is 15.0. The number of hydrogen-bond donors (Lipinski definition) is 1. The van der Waals surface area contributed by atoms with Gasteiger partial charge >= 0.3 is 5.97 Å². The molecule has 0 unspecified atom stereocenters. The van der Waals surface area contributed by atoms with Crippen LogP contribution in [-0.2, 0) is 4.74 Å². The monoisotopic (exact) mass is 329 g/mol. The summed E-state index contributed by atoms with van der Waals surface area (Å²) in [6.45, 7) is 0.654. The van der Waals surface area contributed by atoms with E-state index < -0.39 is 0 Å². The van der Waals surface area contributed by atoms with Crippen molar-refractivity contribution in [3.8, 4) is 17.0 Å². The second kappa shape index (κ2) is 5.96. The van der Waals surface area contributed by atoms with Gasteiger partial charge in [0.05, 0.1) is 25.0 Å². The van der Waals surface area contributed by atoms with Gasteiger partial charge in [0.15, 0.2) is 0 Å². The Morgan fingerprint density at radius 2 is 2.08 bits per heavy atom. The molecule has 5 heteroatoms. The summed E-state index contributed by atoms with van der Waals surface area (Å²) < 4.78 is 25.1. The molecule has 1 aromatic heterocycles. The molecule has 0 amide bonds. The number of carbonyl (C=O) groups is 1. The Kier molecular flexibility index (Phi) is 3.79. The lowest BCUT2D eigenvalue weighted by molar-refractivity contribution is 0.0599. The van der Waals surface area contributed by atoms with Crippen LogP contribution in [0.2, 0.25) is 0 Å². The minimum absolute atomic E-state index is 0.297. The van der Waals surface area contributed by atoms with Gasteiger partial charge in [-0.25, -0.2) is 9.18 Å². The topological polar surface area (TPSA) is 51.3 Å². The first-order chi connectivity index (χ1) is 11.7. The summed E-state index contributed by atoms with van der Waals surface area (Å²) in [5, 5.41) is 0. The van der Waals surface area contributed by atoms with Crippen LogP contribution in [0.4, 0.5) is 4.39 Å². The number of aromatic nitrogens is 1. The number of carbonyl (C=O) groups excluding carboxylic acids is 1. The minimum Gasteiger partial charge on any atom is -0.493 e. The van der Waals surface area contributed by atoms with Crippen molar-refractivity contribution >= 4 is 5.97 Å². The van der Waals surface area contributed by atoms with Crippen LogP contribution in [-0.4, -0.2) is 24.7 Å². The zero-order valence-electron chi connectivity index (χ0n) is 13.6. The second-order valence-electron chi connectivity index (χ2n) is 6.65. The quantitative estimate of drug-likeness (QED) is 0.805. The lowest BCUT2D eigenvalue weighted by Crippen LogP contribution is -2.03. The first-order valence-electron chi connectivity index (χ1n) is 8.39. The number of benzene rings is 1. The van der Waals surface area contributed by atoms with Gasteiger partial charge in [0, 0.05) is 17.8 Å². The van der Waals surface area contributed by atoms with Gasteiger partial charge in [0.1, 0.15) is 11.6 Å². The summed E-state index contributed by atoms with van der Waals surface area (Å²) in [5.41, 5.74) is 2.51. The third-order valence-corrected chi connectivity index (χ3v) is 4.70. The number of rotatable bonds is 6. The predicted molar refractivity (Wildman–Crippen MR) is 87.7 cm³/mol. The lowest BCUT2D eigenvalue weighted by atomic mass is 10.0. The van der Waals surface area contributed by atoms with Crippen molar-refractivity contribution in [1.29, 1.82) is 0 Å². The summed E-state index contributed by atoms with van der Waals surface area (Å²) in [5.74, 6) is 0.745. The minimum atomic E-state index is -0.385. The zero-order chi connectivity index (χ0) is 16.7. The Hall–Kier alpha value is -2.30. The number of nitrogens with one attached hydrogen (secondary N) is 1. The molecular weight excluding hydrogens is 309 g/mol. The Morgan fingerprint density at radius 1 is 1.29 bits per heavy atom. The molecule has 126 valence electrons. The van der Waals surface area contributed by atoms with Gasteiger partial charge in [-0.1, -0.05) is 0 Å². The first-order valence-corrected chi connectivity index (χ1v) is 8.39. The van der Waals surface area contributed by atoms with Crippen molar-refractivity contribution in [3.05, 3.63) is 41.3 Å². The van der Waals surface area contributed by atoms with Crippen molar-refractivity contribution in [2.45, 2.75) is 31.6 Å². The molecule has 0 aliphatic heterocycles. The van der Waals surface area contributed by atoms with Gasteiger partial charge in [-0.15, -0.1) is 0 Å². The third kappa shape index (κ3) is 2.90. The Morgan fingerprint density at radius 3 is 2.71 bits per heavy atom. The van der Waals surface area contributed by atoms with E-state index in [1.54, 1.807) is 18.3 Å². The maximum atomic E-state index is 14.6. The normalized spacial score (nSPS) is 16.9. The van der Waals surface area contributed by atoms with Gasteiger partial charge < -0.3 is 14.5 Å². The highest BCUT2D eigenvalue weighted by atomic mass is 19.1. The molecule has 1 N–H and O–H groups in total. The van der Waals surface area contributed by atoms with Gasteiger partial charge in [0.25, 0.3) is 0 Å². The third-order valence-electron chi connectivity index (χ3n) is 4.70. The molecule has 4 rings (SSSR count). The van der Waals surface area contributed by atoms with Gasteiger partial charge in [0.2, 0.25) is 0 Å². The maximum absolute atomic E-state index is 14.6. The summed E-state index contributed by atoms with van der Waals surface area (Å²) in [7, 11) is 1.36. The molecule has 1 heterocycles. The molecule has 24 heavy (non-hydrogen) atoms. The molecule has 0 radical (unpaired) electrons. The molecule has 0 atom stereocenters. The molecular formula is C19H20FNO3. The van der Waals surface area contributed by atoms with E-state index in [1.807, 2.05) is 0 Å². The fourth-order valence-electron chi connectivity index (χ4n) is 3.02. The zero-order valence-corrected chi connectivity index (χ0v) is 13.6. The fourth-order valence-corrected chi connectivity index (χ4v) is 3.02. The van der Waals surface area contributed by atoms with Gasteiger partial charge in [-0.2, -0.15) is 0 Å². The van der Waals surface area contributed by atoms with Gasteiger partial charge in [-0.05, 0) is 55.2 Å². The van der Waals surface area contributed by atoms with Crippen molar-refractivity contribution < 1.29 is 18.7 Å². The largest absolute Gasteiger partial charge is 0.493 e. The van der Waals surface area contributed by atoms with E-state index in [0.717, 1.165) is 18.4 Å². The van der Waals surface area contributed by atoms with E-state index in [9.17, 15) is 9.18 Å². The van der Waals surface area contributed by atoms with E-state index in [0.29, 0.717) is 41.0 Å². The number of halogens is 1. The van der Waals surface area contributed by atoms with Crippen LogP contribution in [0, 0.1) is 11.7 Å². The maximum Gasteiger partial charge on any atom is 0.339 e. The predicted octanol–water partition coefficient (Wildman–Crippen LogP) is 4.27. The van der Waals surface area contributed by atoms with Crippen LogP contribution in [0.1, 0.15) is 47.5 Å². The van der Waals surface area contributed by atoms with Crippen molar-refractivity contribution in [2.75, 3.05) is 13.7 Å². The summed E-state index contributed by atoms with van der Waals surface area (Å²) >= 11 is 0. The molecule has 2 aliphatic rings. The highest BCUT2D eigenvalue weighted by molar-refractivity contribution is 5.94. The molecule has 4 nitrogen and oxygen atoms in total. The highest BCUT2D eigenvalue weighted by Gasteiger charge is 2.33. The number of esters is 1. The summed E-state index contributed by atoms with van der Waals surface area (Å²) in [6, 6.07) is 4.93.